The Kier molecular flexibility index (Phi) is 6.53. The first kappa shape index (κ1) is 23.6. The summed E-state index contributed by atoms with van der Waals surface area (Å²) >= 11 is 0.740. The first-order valence-corrected chi connectivity index (χ1v) is 12.5. The van der Waals surface area contributed by atoms with Gasteiger partial charge in [0.05, 0.1) is 18.4 Å². The fourth-order valence-electron chi connectivity index (χ4n) is 3.05. The predicted octanol–water partition coefficient (Wildman–Crippen LogP) is 3.42. The number of nitrogens with one attached hydrogen (secondary N) is 1. The highest BCUT2D eigenvalue weighted by atomic mass is 32.3. The second-order valence-electron chi connectivity index (χ2n) is 7.08. The van der Waals surface area contributed by atoms with E-state index in [1.54, 1.807) is 36.4 Å². The Morgan fingerprint density at radius 2 is 1.97 bits per heavy atom. The number of aliphatic imine (C=N–C) groups is 1. The molecule has 0 saturated carbocycles. The van der Waals surface area contributed by atoms with Gasteiger partial charge >= 0.3 is 0 Å². The molecule has 1 N–H and O–H groups in total. The molecule has 2 heterocycles. The summed E-state index contributed by atoms with van der Waals surface area (Å²) in [5.41, 5.74) is 0.837. The minimum atomic E-state index is -3.61. The number of ether oxygens (including phenoxy) is 2. The lowest BCUT2D eigenvalue weighted by Crippen LogP contribution is -2.35. The number of halogens is 1. The van der Waals surface area contributed by atoms with Crippen LogP contribution in [-0.2, 0) is 21.2 Å². The van der Waals surface area contributed by atoms with E-state index >= 15 is 0 Å². The number of carbonyl (C=O) groups is 1. The standard InChI is InChI=1S/C22H19FN4O5S2/c1-3-34(29,30)22-26-27-19(24)15(20(28)25-21(27)33-22)10-13-8-9-17(18(11-13)31-2)32-12-14-6-4-5-7-16(14)23/h4-11,24H,3,12H2,1-2H3/b15-10-,24-19?. The van der Waals surface area contributed by atoms with Crippen molar-refractivity contribution in [1.29, 1.82) is 5.41 Å². The van der Waals surface area contributed by atoms with Gasteiger partial charge < -0.3 is 9.47 Å². The van der Waals surface area contributed by atoms with Crippen LogP contribution in [0.2, 0.25) is 0 Å². The third kappa shape index (κ3) is 4.59. The molecule has 9 nitrogen and oxygen atoms in total. The van der Waals surface area contributed by atoms with E-state index in [-0.39, 0.29) is 39.1 Å². The molecule has 0 spiro atoms. The van der Waals surface area contributed by atoms with Gasteiger partial charge in [-0.2, -0.15) is 10.0 Å². The lowest BCUT2D eigenvalue weighted by atomic mass is 10.1. The largest absolute Gasteiger partial charge is 0.493 e. The Morgan fingerprint density at radius 3 is 2.68 bits per heavy atom. The van der Waals surface area contributed by atoms with Gasteiger partial charge in [0.1, 0.15) is 12.4 Å². The van der Waals surface area contributed by atoms with Gasteiger partial charge in [0, 0.05) is 5.56 Å². The van der Waals surface area contributed by atoms with Crippen LogP contribution in [-0.4, -0.2) is 47.6 Å². The number of hydrogen-bond acceptors (Lipinski definition) is 8. The second kappa shape index (κ2) is 9.39. The molecule has 2 aromatic carbocycles. The van der Waals surface area contributed by atoms with Crippen LogP contribution >= 0.6 is 11.8 Å². The molecular formula is C22H19FN4O5S2. The van der Waals surface area contributed by atoms with E-state index < -0.39 is 15.7 Å². The summed E-state index contributed by atoms with van der Waals surface area (Å²) in [6.07, 6.45) is 1.43. The summed E-state index contributed by atoms with van der Waals surface area (Å²) in [6.45, 7) is 1.48. The molecule has 0 saturated heterocycles. The van der Waals surface area contributed by atoms with E-state index in [1.807, 2.05) is 0 Å². The zero-order valence-electron chi connectivity index (χ0n) is 18.1. The molecular weight excluding hydrogens is 483 g/mol. The quantitative estimate of drug-likeness (QED) is 0.601. The minimum absolute atomic E-state index is 0.00226. The van der Waals surface area contributed by atoms with Crippen LogP contribution in [0.15, 0.2) is 58.1 Å². The first-order valence-electron chi connectivity index (χ1n) is 10.0. The highest BCUT2D eigenvalue weighted by Gasteiger charge is 2.39. The van der Waals surface area contributed by atoms with E-state index in [1.165, 1.54) is 26.2 Å². The summed E-state index contributed by atoms with van der Waals surface area (Å²) in [4.78, 5) is 16.5. The van der Waals surface area contributed by atoms with E-state index in [0.717, 1.165) is 16.8 Å². The van der Waals surface area contributed by atoms with Crippen LogP contribution in [0, 0.1) is 11.2 Å². The fourth-order valence-corrected chi connectivity index (χ4v) is 5.22. The maximum atomic E-state index is 13.8. The number of nitrogens with zero attached hydrogens (tertiary/aromatic N) is 3. The normalized spacial score (nSPS) is 16.9. The van der Waals surface area contributed by atoms with Gasteiger partial charge in [-0.15, -0.1) is 5.10 Å². The topological polar surface area (TPSA) is 121 Å². The molecule has 0 aromatic heterocycles. The zero-order valence-corrected chi connectivity index (χ0v) is 19.7. The van der Waals surface area contributed by atoms with E-state index in [2.05, 4.69) is 10.1 Å². The molecule has 0 radical (unpaired) electrons. The maximum absolute atomic E-state index is 13.8. The van der Waals surface area contributed by atoms with E-state index in [4.69, 9.17) is 14.9 Å². The molecule has 0 atom stereocenters. The Labute approximate surface area is 199 Å². The number of rotatable bonds is 6. The number of amidine groups is 2. The number of benzene rings is 2. The van der Waals surface area contributed by atoms with Crippen molar-refractivity contribution in [3.05, 3.63) is 65.0 Å². The molecule has 0 fully saturated rings. The molecule has 1 amide bonds. The molecule has 0 unspecified atom stereocenters. The van der Waals surface area contributed by atoms with Crippen LogP contribution in [0.3, 0.4) is 0 Å². The summed E-state index contributed by atoms with van der Waals surface area (Å²) in [5.74, 6) is -0.802. The highest BCUT2D eigenvalue weighted by molar-refractivity contribution is 8.42. The van der Waals surface area contributed by atoms with Crippen molar-refractivity contribution < 1.29 is 27.1 Å². The minimum Gasteiger partial charge on any atom is -0.493 e. The number of amides is 1. The van der Waals surface area contributed by atoms with Crippen LogP contribution in [0.1, 0.15) is 18.1 Å². The summed E-state index contributed by atoms with van der Waals surface area (Å²) in [6, 6.07) is 11.1. The van der Waals surface area contributed by atoms with Crippen molar-refractivity contribution in [2.24, 2.45) is 10.1 Å². The van der Waals surface area contributed by atoms with Crippen molar-refractivity contribution >= 4 is 49.0 Å². The summed E-state index contributed by atoms with van der Waals surface area (Å²) < 4.78 is 48.9. The molecule has 2 aliphatic rings. The third-order valence-electron chi connectivity index (χ3n) is 4.92. The van der Waals surface area contributed by atoms with E-state index in [9.17, 15) is 17.6 Å². The SMILES string of the molecule is CCS(=O)(=O)C1=NN2C(=N)/C(=C/c3ccc(OCc4ccccc4F)c(OC)c3)C(=O)N=C2S1. The van der Waals surface area contributed by atoms with Gasteiger partial charge in [-0.25, -0.2) is 12.8 Å². The number of fused-ring (bicyclic) bond motifs is 1. The van der Waals surface area contributed by atoms with Crippen molar-refractivity contribution in [3.8, 4) is 11.5 Å². The number of sulfone groups is 1. The third-order valence-corrected chi connectivity index (χ3v) is 8.01. The smallest absolute Gasteiger partial charge is 0.283 e. The van der Waals surface area contributed by atoms with Crippen LogP contribution < -0.4 is 9.47 Å². The lowest BCUT2D eigenvalue weighted by Gasteiger charge is -2.20. The van der Waals surface area contributed by atoms with Gasteiger partial charge in [0.2, 0.25) is 19.4 Å². The number of thioether (sulfide) groups is 1. The molecule has 2 aliphatic heterocycles. The zero-order chi connectivity index (χ0) is 24.5. The Morgan fingerprint density at radius 1 is 1.21 bits per heavy atom. The van der Waals surface area contributed by atoms with Gasteiger partial charge in [-0.05, 0) is 41.6 Å². The molecule has 4 rings (SSSR count). The average Bonchev–Trinajstić information content (AvgIpc) is 3.26. The first-order chi connectivity index (χ1) is 16.2. The number of methoxy groups -OCH3 is 1. The number of hydrogen-bond donors (Lipinski definition) is 1. The summed E-state index contributed by atoms with van der Waals surface area (Å²) in [7, 11) is -2.16. The van der Waals surface area contributed by atoms with Crippen molar-refractivity contribution in [1.82, 2.24) is 5.01 Å². The van der Waals surface area contributed by atoms with Gasteiger partial charge in [0.15, 0.2) is 17.3 Å². The highest BCUT2D eigenvalue weighted by Crippen LogP contribution is 2.33. The molecule has 0 bridgehead atoms. The lowest BCUT2D eigenvalue weighted by molar-refractivity contribution is -0.114. The van der Waals surface area contributed by atoms with Gasteiger partial charge in [-0.3, -0.25) is 10.2 Å². The van der Waals surface area contributed by atoms with Crippen LogP contribution in [0.5, 0.6) is 11.5 Å². The molecule has 0 aliphatic carbocycles. The van der Waals surface area contributed by atoms with Crippen molar-refractivity contribution in [2.75, 3.05) is 12.9 Å². The number of hydrazone groups is 1. The Balaban J connectivity index is 1.59. The monoisotopic (exact) mass is 502 g/mol. The van der Waals surface area contributed by atoms with E-state index in [0.29, 0.717) is 22.6 Å². The maximum Gasteiger partial charge on any atom is 0.283 e. The molecule has 34 heavy (non-hydrogen) atoms. The second-order valence-corrected chi connectivity index (χ2v) is 10.5. The predicted molar refractivity (Wildman–Crippen MR) is 128 cm³/mol. The van der Waals surface area contributed by atoms with Gasteiger partial charge in [0.25, 0.3) is 5.91 Å². The van der Waals surface area contributed by atoms with Crippen molar-refractivity contribution in [2.45, 2.75) is 13.5 Å². The fraction of sp³-hybridized carbons (Fsp3) is 0.182. The molecule has 2 aromatic rings. The Bertz CT molecular complexity index is 1390. The average molecular weight is 503 g/mol. The van der Waals surface area contributed by atoms with Crippen molar-refractivity contribution in [3.63, 3.8) is 0 Å². The Hall–Kier alpha value is -3.51. The van der Waals surface area contributed by atoms with Gasteiger partial charge in [-0.1, -0.05) is 31.2 Å². The number of carbonyl (C=O) groups excluding carboxylic acids is 1. The van der Waals surface area contributed by atoms with Crippen LogP contribution in [0.4, 0.5) is 4.39 Å². The summed E-state index contributed by atoms with van der Waals surface area (Å²) in [5, 5.41) is 13.4. The van der Waals surface area contributed by atoms with Crippen LogP contribution in [0.25, 0.3) is 6.08 Å². The molecule has 176 valence electrons. The molecule has 12 heteroatoms.